The molecule has 0 radical (unpaired) electrons. The number of likely N-dealkylation sites (N-methyl/N-ethyl adjacent to an activating group) is 1. The topological polar surface area (TPSA) is 68.2 Å². The van der Waals surface area contributed by atoms with Crippen LogP contribution in [0.1, 0.15) is 48.8 Å². The van der Waals surface area contributed by atoms with Crippen molar-refractivity contribution >= 4 is 23.3 Å². The van der Waals surface area contributed by atoms with Crippen LogP contribution in [0, 0.1) is 5.92 Å². The monoisotopic (exact) mass is 442 g/mol. The number of allylic oxidation sites excluding steroid dienone is 2. The maximum Gasteiger partial charge on any atom is 0.306 e. The summed E-state index contributed by atoms with van der Waals surface area (Å²) in [5.74, 6) is -0.775. The number of benzene rings is 1. The van der Waals surface area contributed by atoms with E-state index in [1.165, 1.54) is 33.4 Å². The molecular weight excluding hydrogens is 412 g/mol. The number of hydrogen-bond donors (Lipinski definition) is 2. The van der Waals surface area contributed by atoms with E-state index in [0.717, 1.165) is 63.1 Å². The van der Waals surface area contributed by atoms with Crippen LogP contribution in [0.3, 0.4) is 0 Å². The minimum absolute atomic E-state index is 0.149. The van der Waals surface area contributed by atoms with Crippen molar-refractivity contribution in [1.82, 2.24) is 15.2 Å². The Labute approximate surface area is 194 Å². The molecule has 2 N–H and O–H groups in total. The van der Waals surface area contributed by atoms with Crippen LogP contribution in [-0.4, -0.2) is 59.3 Å². The van der Waals surface area contributed by atoms with E-state index in [0.29, 0.717) is 6.04 Å². The second-order valence-electron chi connectivity index (χ2n) is 9.84. The molecule has 3 heterocycles. The van der Waals surface area contributed by atoms with Gasteiger partial charge in [-0.15, -0.1) is 0 Å². The van der Waals surface area contributed by atoms with Gasteiger partial charge in [0.05, 0.1) is 17.3 Å². The summed E-state index contributed by atoms with van der Waals surface area (Å²) in [5.41, 5.74) is 13.2. The summed E-state index contributed by atoms with van der Waals surface area (Å²) < 4.78 is 0. The van der Waals surface area contributed by atoms with Gasteiger partial charge in [-0.2, -0.15) is 5.10 Å². The van der Waals surface area contributed by atoms with Crippen molar-refractivity contribution in [3.8, 4) is 0 Å². The summed E-state index contributed by atoms with van der Waals surface area (Å²) in [6, 6.07) is 7.01. The van der Waals surface area contributed by atoms with Gasteiger partial charge in [-0.05, 0) is 54.9 Å². The van der Waals surface area contributed by atoms with Crippen LogP contribution in [0.15, 0.2) is 58.5 Å². The van der Waals surface area contributed by atoms with Crippen molar-refractivity contribution < 1.29 is 9.90 Å². The summed E-state index contributed by atoms with van der Waals surface area (Å²) in [7, 11) is 2.15. The molecule has 2 aliphatic carbocycles. The lowest BCUT2D eigenvalue weighted by Gasteiger charge is -2.38. The lowest BCUT2D eigenvalue weighted by Crippen LogP contribution is -2.42. The predicted octanol–water partition coefficient (Wildman–Crippen LogP) is 3.84. The highest BCUT2D eigenvalue weighted by atomic mass is 16.4. The Morgan fingerprint density at radius 3 is 2.79 bits per heavy atom. The molecule has 6 heteroatoms. The van der Waals surface area contributed by atoms with Gasteiger partial charge < -0.3 is 10.0 Å². The molecule has 33 heavy (non-hydrogen) atoms. The van der Waals surface area contributed by atoms with Crippen LogP contribution in [-0.2, 0) is 4.79 Å². The minimum Gasteiger partial charge on any atom is -0.481 e. The Kier molecular flexibility index (Phi) is 4.98. The molecule has 0 atom stereocenters. The molecule has 1 aromatic carbocycles. The molecule has 0 spiro atoms. The highest BCUT2D eigenvalue weighted by Crippen LogP contribution is 2.39. The Hall–Kier alpha value is -3.12. The van der Waals surface area contributed by atoms with Gasteiger partial charge in [-0.3, -0.25) is 15.1 Å². The highest BCUT2D eigenvalue weighted by molar-refractivity contribution is 6.20. The minimum atomic E-state index is -0.626. The van der Waals surface area contributed by atoms with Crippen molar-refractivity contribution in [2.75, 3.05) is 26.7 Å². The van der Waals surface area contributed by atoms with E-state index in [4.69, 9.17) is 5.10 Å². The second-order valence-corrected chi connectivity index (χ2v) is 9.84. The third-order valence-electron chi connectivity index (χ3n) is 7.87. The van der Waals surface area contributed by atoms with Crippen LogP contribution in [0.2, 0.25) is 0 Å². The molecule has 0 amide bonds. The SMILES string of the molecule is CN1C=C2C(=C(C3=CCN(C4CCC(C(=O)O)CC4)CC3)C1)NN=C1C=Cc3cccc2c31. The normalized spacial score (nSPS) is 26.6. The lowest BCUT2D eigenvalue weighted by molar-refractivity contribution is -0.143. The number of nitrogens with one attached hydrogen (secondary N) is 1. The molecule has 1 aromatic rings. The van der Waals surface area contributed by atoms with Gasteiger partial charge in [0.25, 0.3) is 0 Å². The number of fused-ring (bicyclic) bond motifs is 2. The van der Waals surface area contributed by atoms with Crippen LogP contribution in [0.5, 0.6) is 0 Å². The number of carbonyl (C=O) groups is 1. The third kappa shape index (κ3) is 3.53. The summed E-state index contributed by atoms with van der Waals surface area (Å²) in [6.07, 6.45) is 13.5. The molecule has 6 rings (SSSR count). The largest absolute Gasteiger partial charge is 0.481 e. The van der Waals surface area contributed by atoms with Gasteiger partial charge in [0.2, 0.25) is 0 Å². The smallest absolute Gasteiger partial charge is 0.306 e. The quantitative estimate of drug-likeness (QED) is 0.745. The molecule has 0 bridgehead atoms. The fourth-order valence-electron chi connectivity index (χ4n) is 6.07. The molecule has 0 saturated heterocycles. The molecule has 0 aromatic heterocycles. The maximum atomic E-state index is 11.3. The first-order valence-electron chi connectivity index (χ1n) is 12.1. The van der Waals surface area contributed by atoms with E-state index in [9.17, 15) is 9.90 Å². The Morgan fingerprint density at radius 2 is 2.03 bits per heavy atom. The standard InChI is InChI=1S/C27H30N4O2/c1-30-15-22(17-11-13-31(14-12-17)20-8-5-19(6-9-20)27(32)33)26-23(16-30)21-4-2-3-18-7-10-24(25(18)21)28-29-26/h2-4,7,10-11,16,19-20,29H,5-6,8-9,12-15H2,1H3,(H,32,33). The molecule has 1 fully saturated rings. The molecular formula is C27H30N4O2. The zero-order valence-electron chi connectivity index (χ0n) is 19.1. The summed E-state index contributed by atoms with van der Waals surface area (Å²) >= 11 is 0. The number of carboxylic acid groups (broad SMARTS) is 1. The van der Waals surface area contributed by atoms with Crippen LogP contribution in [0.4, 0.5) is 0 Å². The average molecular weight is 443 g/mol. The number of nitrogens with zero attached hydrogens (tertiary/aromatic N) is 3. The average Bonchev–Trinajstić information content (AvgIpc) is 3.19. The molecule has 6 nitrogen and oxygen atoms in total. The van der Waals surface area contributed by atoms with E-state index < -0.39 is 5.97 Å². The van der Waals surface area contributed by atoms with Crippen LogP contribution in [0.25, 0.3) is 11.6 Å². The maximum absolute atomic E-state index is 11.3. The van der Waals surface area contributed by atoms with E-state index in [-0.39, 0.29) is 5.92 Å². The Morgan fingerprint density at radius 1 is 1.18 bits per heavy atom. The number of rotatable bonds is 3. The van der Waals surface area contributed by atoms with Crippen molar-refractivity contribution in [2.45, 2.75) is 38.1 Å². The highest BCUT2D eigenvalue weighted by Gasteiger charge is 2.32. The van der Waals surface area contributed by atoms with Crippen LogP contribution < -0.4 is 5.43 Å². The molecule has 0 unspecified atom stereocenters. The van der Waals surface area contributed by atoms with Gasteiger partial charge in [-0.25, -0.2) is 0 Å². The van der Waals surface area contributed by atoms with Gasteiger partial charge in [0.15, 0.2) is 0 Å². The zero-order chi connectivity index (χ0) is 22.5. The van der Waals surface area contributed by atoms with Gasteiger partial charge >= 0.3 is 5.97 Å². The molecule has 3 aliphatic heterocycles. The molecule has 170 valence electrons. The Bertz CT molecular complexity index is 1160. The van der Waals surface area contributed by atoms with Gasteiger partial charge in [0, 0.05) is 55.6 Å². The number of hydrogen-bond acceptors (Lipinski definition) is 5. The first kappa shape index (κ1) is 20.5. The second kappa shape index (κ2) is 8.03. The van der Waals surface area contributed by atoms with Gasteiger partial charge in [0.1, 0.15) is 0 Å². The third-order valence-corrected chi connectivity index (χ3v) is 7.87. The summed E-state index contributed by atoms with van der Waals surface area (Å²) in [4.78, 5) is 16.1. The zero-order valence-corrected chi connectivity index (χ0v) is 19.1. The first-order chi connectivity index (χ1) is 16.1. The number of carboxylic acids is 1. The lowest BCUT2D eigenvalue weighted by atomic mass is 9.84. The van der Waals surface area contributed by atoms with Crippen molar-refractivity contribution in [1.29, 1.82) is 0 Å². The summed E-state index contributed by atoms with van der Waals surface area (Å²) in [5, 5.41) is 14.1. The predicted molar refractivity (Wildman–Crippen MR) is 130 cm³/mol. The molecule has 5 aliphatic rings. The van der Waals surface area contributed by atoms with Crippen molar-refractivity contribution in [3.63, 3.8) is 0 Å². The van der Waals surface area contributed by atoms with Crippen LogP contribution >= 0.6 is 0 Å². The van der Waals surface area contributed by atoms with E-state index >= 15 is 0 Å². The van der Waals surface area contributed by atoms with Crippen molar-refractivity contribution in [3.05, 3.63) is 70.1 Å². The summed E-state index contributed by atoms with van der Waals surface area (Å²) in [6.45, 7) is 2.85. The fourth-order valence-corrected chi connectivity index (χ4v) is 6.07. The number of hydrazone groups is 1. The number of aliphatic carboxylic acids is 1. The van der Waals surface area contributed by atoms with E-state index in [1.54, 1.807) is 0 Å². The van der Waals surface area contributed by atoms with Gasteiger partial charge in [-0.1, -0.05) is 30.4 Å². The molecule has 1 saturated carbocycles. The van der Waals surface area contributed by atoms with E-state index in [1.807, 2.05) is 0 Å². The Balaban J connectivity index is 1.27. The fraction of sp³-hybridized carbons (Fsp3) is 0.407. The van der Waals surface area contributed by atoms with Crippen molar-refractivity contribution in [2.24, 2.45) is 11.0 Å². The van der Waals surface area contributed by atoms with E-state index in [2.05, 4.69) is 64.9 Å². The first-order valence-corrected chi connectivity index (χ1v) is 12.1.